The summed E-state index contributed by atoms with van der Waals surface area (Å²) < 4.78 is 10.3. The molecule has 5 heteroatoms. The molecule has 2 aliphatic rings. The van der Waals surface area contributed by atoms with Crippen LogP contribution in [0.1, 0.15) is 6.42 Å². The average Bonchev–Trinajstić information content (AvgIpc) is 2.79. The van der Waals surface area contributed by atoms with Crippen molar-refractivity contribution in [1.29, 1.82) is 0 Å². The predicted molar refractivity (Wildman–Crippen MR) is 54.6 cm³/mol. The molecule has 0 spiro atoms. The number of nitrogens with zero attached hydrogens (tertiary/aromatic N) is 1. The van der Waals surface area contributed by atoms with Gasteiger partial charge in [-0.3, -0.25) is 4.90 Å². The summed E-state index contributed by atoms with van der Waals surface area (Å²) in [6.45, 7) is 4.76. The Morgan fingerprint density at radius 1 is 1.47 bits per heavy atom. The maximum Gasteiger partial charge on any atom is 0.328 e. The number of piperazine rings is 1. The van der Waals surface area contributed by atoms with Crippen LogP contribution in [0.5, 0.6) is 0 Å². The van der Waals surface area contributed by atoms with Crippen LogP contribution in [-0.2, 0) is 14.3 Å². The molecule has 15 heavy (non-hydrogen) atoms. The second-order valence-corrected chi connectivity index (χ2v) is 4.06. The molecule has 0 aliphatic carbocycles. The second kappa shape index (κ2) is 4.47. The van der Waals surface area contributed by atoms with Crippen molar-refractivity contribution in [2.24, 2.45) is 0 Å². The molecule has 2 rings (SSSR count). The summed E-state index contributed by atoms with van der Waals surface area (Å²) in [4.78, 5) is 14.1. The first-order valence-electron chi connectivity index (χ1n) is 5.41. The molecule has 2 fully saturated rings. The maximum atomic E-state index is 11.9. The van der Waals surface area contributed by atoms with Crippen LogP contribution in [0, 0.1) is 0 Å². The van der Waals surface area contributed by atoms with Crippen LogP contribution in [-0.4, -0.2) is 62.9 Å². The predicted octanol–water partition coefficient (Wildman–Crippen LogP) is -0.776. The molecule has 0 aromatic rings. The molecule has 0 saturated carbocycles. The Kier molecular flexibility index (Phi) is 3.23. The van der Waals surface area contributed by atoms with E-state index in [4.69, 9.17) is 9.47 Å². The van der Waals surface area contributed by atoms with E-state index in [1.165, 1.54) is 7.11 Å². The fraction of sp³-hybridized carbons (Fsp3) is 0.900. The molecule has 1 atom stereocenters. The number of carbonyl (C=O) groups excluding carboxylic acids is 1. The Balaban J connectivity index is 2.13. The lowest BCUT2D eigenvalue weighted by Gasteiger charge is -2.40. The molecule has 0 radical (unpaired) electrons. The molecular formula is C10H18N2O3. The van der Waals surface area contributed by atoms with Crippen molar-refractivity contribution in [3.05, 3.63) is 0 Å². The van der Waals surface area contributed by atoms with E-state index < -0.39 is 5.54 Å². The molecular weight excluding hydrogens is 196 g/mol. The number of ether oxygens (including phenoxy) is 2. The molecule has 0 bridgehead atoms. The van der Waals surface area contributed by atoms with Crippen molar-refractivity contribution in [2.75, 3.05) is 46.5 Å². The van der Waals surface area contributed by atoms with E-state index >= 15 is 0 Å². The number of rotatable bonds is 2. The smallest absolute Gasteiger partial charge is 0.328 e. The summed E-state index contributed by atoms with van der Waals surface area (Å²) in [5, 5.41) is 3.28. The van der Waals surface area contributed by atoms with Gasteiger partial charge < -0.3 is 14.8 Å². The highest BCUT2D eigenvalue weighted by Gasteiger charge is 2.48. The first-order chi connectivity index (χ1) is 7.29. The molecule has 2 heterocycles. The monoisotopic (exact) mass is 214 g/mol. The van der Waals surface area contributed by atoms with Crippen LogP contribution in [0.3, 0.4) is 0 Å². The van der Waals surface area contributed by atoms with Crippen molar-refractivity contribution >= 4 is 5.97 Å². The molecule has 0 aromatic heterocycles. The topological polar surface area (TPSA) is 50.8 Å². The van der Waals surface area contributed by atoms with Crippen LogP contribution < -0.4 is 5.32 Å². The first kappa shape index (κ1) is 10.9. The van der Waals surface area contributed by atoms with Crippen LogP contribution in [0.2, 0.25) is 0 Å². The van der Waals surface area contributed by atoms with E-state index in [-0.39, 0.29) is 5.97 Å². The standard InChI is InChI=1S/C10H18N2O3/c1-14-9(13)10(2-7-15-8-10)12-5-3-11-4-6-12/h11H,2-8H2,1H3/t10-/m0/s1. The van der Waals surface area contributed by atoms with Crippen molar-refractivity contribution in [1.82, 2.24) is 10.2 Å². The third-order valence-electron chi connectivity index (χ3n) is 3.29. The molecule has 0 unspecified atom stereocenters. The van der Waals surface area contributed by atoms with Gasteiger partial charge in [0.1, 0.15) is 5.54 Å². The fourth-order valence-electron chi connectivity index (χ4n) is 2.38. The Morgan fingerprint density at radius 3 is 2.73 bits per heavy atom. The minimum Gasteiger partial charge on any atom is -0.468 e. The highest BCUT2D eigenvalue weighted by Crippen LogP contribution is 2.27. The molecule has 2 aliphatic heterocycles. The summed E-state index contributed by atoms with van der Waals surface area (Å²) in [7, 11) is 1.45. The zero-order valence-corrected chi connectivity index (χ0v) is 9.12. The van der Waals surface area contributed by atoms with Crippen molar-refractivity contribution in [3.63, 3.8) is 0 Å². The molecule has 2 saturated heterocycles. The molecule has 1 N–H and O–H groups in total. The quantitative estimate of drug-likeness (QED) is 0.611. The molecule has 86 valence electrons. The van der Waals surface area contributed by atoms with Gasteiger partial charge in [-0.15, -0.1) is 0 Å². The molecule has 0 amide bonds. The third-order valence-corrected chi connectivity index (χ3v) is 3.29. The lowest BCUT2D eigenvalue weighted by Crippen LogP contribution is -2.61. The van der Waals surface area contributed by atoms with Gasteiger partial charge in [-0.25, -0.2) is 4.79 Å². The van der Waals surface area contributed by atoms with Gasteiger partial charge in [-0.2, -0.15) is 0 Å². The van der Waals surface area contributed by atoms with E-state index in [0.29, 0.717) is 13.2 Å². The van der Waals surface area contributed by atoms with Gasteiger partial charge in [-0.1, -0.05) is 0 Å². The number of methoxy groups -OCH3 is 1. The van der Waals surface area contributed by atoms with E-state index in [9.17, 15) is 4.79 Å². The Labute approximate surface area is 89.7 Å². The number of nitrogens with one attached hydrogen (secondary N) is 1. The highest BCUT2D eigenvalue weighted by molar-refractivity contribution is 5.81. The van der Waals surface area contributed by atoms with E-state index in [0.717, 1.165) is 32.6 Å². The van der Waals surface area contributed by atoms with Crippen LogP contribution in [0.25, 0.3) is 0 Å². The third kappa shape index (κ3) is 1.87. The van der Waals surface area contributed by atoms with E-state index in [1.807, 2.05) is 0 Å². The van der Waals surface area contributed by atoms with Gasteiger partial charge >= 0.3 is 5.97 Å². The molecule has 5 nitrogen and oxygen atoms in total. The largest absolute Gasteiger partial charge is 0.468 e. The Hall–Kier alpha value is -0.650. The van der Waals surface area contributed by atoms with Gasteiger partial charge in [0.15, 0.2) is 0 Å². The summed E-state index contributed by atoms with van der Waals surface area (Å²) in [5.74, 6) is -0.151. The average molecular weight is 214 g/mol. The van der Waals surface area contributed by atoms with Gasteiger partial charge in [0, 0.05) is 39.2 Å². The van der Waals surface area contributed by atoms with Crippen molar-refractivity contribution in [3.8, 4) is 0 Å². The van der Waals surface area contributed by atoms with Crippen LogP contribution >= 0.6 is 0 Å². The Morgan fingerprint density at radius 2 is 2.20 bits per heavy atom. The van der Waals surface area contributed by atoms with Crippen LogP contribution in [0.4, 0.5) is 0 Å². The lowest BCUT2D eigenvalue weighted by atomic mass is 9.95. The summed E-state index contributed by atoms with van der Waals surface area (Å²) in [6, 6.07) is 0. The van der Waals surface area contributed by atoms with Crippen molar-refractivity contribution < 1.29 is 14.3 Å². The van der Waals surface area contributed by atoms with Gasteiger partial charge in [0.05, 0.1) is 13.7 Å². The Bertz CT molecular complexity index is 233. The molecule has 0 aromatic carbocycles. The minimum absolute atomic E-state index is 0.151. The SMILES string of the molecule is COC(=O)[C@]1(N2CCNCC2)CCOC1. The fourth-order valence-corrected chi connectivity index (χ4v) is 2.38. The minimum atomic E-state index is -0.517. The van der Waals surface area contributed by atoms with E-state index in [1.54, 1.807) is 0 Å². The lowest BCUT2D eigenvalue weighted by molar-refractivity contribution is -0.156. The maximum absolute atomic E-state index is 11.9. The summed E-state index contributed by atoms with van der Waals surface area (Å²) in [5.41, 5.74) is -0.517. The van der Waals surface area contributed by atoms with Gasteiger partial charge in [0.25, 0.3) is 0 Å². The second-order valence-electron chi connectivity index (χ2n) is 4.06. The number of esters is 1. The number of carbonyl (C=O) groups is 1. The van der Waals surface area contributed by atoms with Gasteiger partial charge in [0.2, 0.25) is 0 Å². The number of hydrogen-bond donors (Lipinski definition) is 1. The number of hydrogen-bond acceptors (Lipinski definition) is 5. The van der Waals surface area contributed by atoms with Crippen molar-refractivity contribution in [2.45, 2.75) is 12.0 Å². The summed E-state index contributed by atoms with van der Waals surface area (Å²) >= 11 is 0. The summed E-state index contributed by atoms with van der Waals surface area (Å²) in [6.07, 6.45) is 0.750. The highest BCUT2D eigenvalue weighted by atomic mass is 16.5. The normalized spacial score (nSPS) is 32.9. The zero-order valence-electron chi connectivity index (χ0n) is 9.12. The van der Waals surface area contributed by atoms with Gasteiger partial charge in [-0.05, 0) is 0 Å². The first-order valence-corrected chi connectivity index (χ1v) is 5.41. The van der Waals surface area contributed by atoms with Crippen LogP contribution in [0.15, 0.2) is 0 Å². The van der Waals surface area contributed by atoms with E-state index in [2.05, 4.69) is 10.2 Å². The zero-order chi connectivity index (χ0) is 10.7.